The normalized spacial score (nSPS) is 18.1. The number of carbonyl (C=O) groups excluding carboxylic acids is 3. The van der Waals surface area contributed by atoms with Crippen molar-refractivity contribution in [3.05, 3.63) is 23.8 Å². The van der Waals surface area contributed by atoms with Gasteiger partial charge in [0.1, 0.15) is 12.1 Å². The highest BCUT2D eigenvalue weighted by Gasteiger charge is 2.30. The third-order valence-corrected chi connectivity index (χ3v) is 4.15. The molecule has 1 atom stereocenters. The van der Waals surface area contributed by atoms with Crippen LogP contribution in [0.2, 0.25) is 0 Å². The second-order valence-electron chi connectivity index (χ2n) is 4.55. The maximum atomic E-state index is 12.2. The van der Waals surface area contributed by atoms with Crippen LogP contribution in [0.4, 0.5) is 5.69 Å². The molecule has 0 bridgehead atoms. The summed E-state index contributed by atoms with van der Waals surface area (Å²) in [5.41, 5.74) is 1.39. The van der Waals surface area contributed by atoms with Gasteiger partial charge in [-0.3, -0.25) is 14.4 Å². The van der Waals surface area contributed by atoms with E-state index in [0.717, 1.165) is 16.9 Å². The van der Waals surface area contributed by atoms with E-state index in [4.69, 9.17) is 0 Å². The van der Waals surface area contributed by atoms with Crippen LogP contribution in [0, 0.1) is 0 Å². The standard InChI is InChI=1S/C14H15NO3S/c1-9(17)5-6-15-12-4-3-11(8-16)7-13(12)19-10(2)14(15)18/h3-4,7-8,10H,5-6H2,1-2H3. The molecule has 5 heteroatoms. The first-order valence-corrected chi connectivity index (χ1v) is 6.97. The Bertz CT molecular complexity index is 541. The first-order valence-electron chi connectivity index (χ1n) is 6.09. The van der Waals surface area contributed by atoms with E-state index in [0.29, 0.717) is 18.5 Å². The van der Waals surface area contributed by atoms with Crippen molar-refractivity contribution in [1.82, 2.24) is 0 Å². The molecule has 0 fully saturated rings. The number of anilines is 1. The Labute approximate surface area is 116 Å². The van der Waals surface area contributed by atoms with Gasteiger partial charge in [0.05, 0.1) is 10.9 Å². The lowest BCUT2D eigenvalue weighted by Gasteiger charge is -2.32. The van der Waals surface area contributed by atoms with Gasteiger partial charge in [0.2, 0.25) is 5.91 Å². The molecule has 1 amide bonds. The number of ketones is 1. The number of Topliss-reactive ketones (excluding diaryl/α,β-unsaturated/α-hetero) is 1. The van der Waals surface area contributed by atoms with Crippen molar-refractivity contribution in [2.45, 2.75) is 30.4 Å². The second-order valence-corrected chi connectivity index (χ2v) is 5.93. The van der Waals surface area contributed by atoms with E-state index in [1.54, 1.807) is 23.1 Å². The molecule has 19 heavy (non-hydrogen) atoms. The summed E-state index contributed by atoms with van der Waals surface area (Å²) in [7, 11) is 0. The van der Waals surface area contributed by atoms with Crippen molar-refractivity contribution in [3.63, 3.8) is 0 Å². The predicted molar refractivity (Wildman–Crippen MR) is 74.8 cm³/mol. The van der Waals surface area contributed by atoms with Crippen LogP contribution in [0.5, 0.6) is 0 Å². The molecular weight excluding hydrogens is 262 g/mol. The van der Waals surface area contributed by atoms with Crippen LogP contribution < -0.4 is 4.90 Å². The molecule has 1 unspecified atom stereocenters. The summed E-state index contributed by atoms with van der Waals surface area (Å²) in [6.45, 7) is 3.75. The zero-order chi connectivity index (χ0) is 14.0. The molecule has 2 rings (SSSR count). The van der Waals surface area contributed by atoms with Crippen molar-refractivity contribution in [2.75, 3.05) is 11.4 Å². The van der Waals surface area contributed by atoms with Crippen molar-refractivity contribution in [1.29, 1.82) is 0 Å². The summed E-state index contributed by atoms with van der Waals surface area (Å²) in [6.07, 6.45) is 1.14. The monoisotopic (exact) mass is 277 g/mol. The number of amides is 1. The fraction of sp³-hybridized carbons (Fsp3) is 0.357. The van der Waals surface area contributed by atoms with Gasteiger partial charge in [0, 0.05) is 23.4 Å². The van der Waals surface area contributed by atoms with Crippen LogP contribution >= 0.6 is 11.8 Å². The van der Waals surface area contributed by atoms with Gasteiger partial charge in [-0.25, -0.2) is 0 Å². The maximum Gasteiger partial charge on any atom is 0.240 e. The Hall–Kier alpha value is -1.62. The fourth-order valence-corrected chi connectivity index (χ4v) is 3.11. The van der Waals surface area contributed by atoms with E-state index in [2.05, 4.69) is 0 Å². The van der Waals surface area contributed by atoms with Crippen molar-refractivity contribution in [3.8, 4) is 0 Å². The number of fused-ring (bicyclic) bond motifs is 1. The zero-order valence-electron chi connectivity index (χ0n) is 10.9. The molecular formula is C14H15NO3S. The van der Waals surface area contributed by atoms with Gasteiger partial charge in [-0.05, 0) is 32.0 Å². The van der Waals surface area contributed by atoms with E-state index < -0.39 is 0 Å². The molecule has 1 aromatic carbocycles. The highest BCUT2D eigenvalue weighted by atomic mass is 32.2. The molecule has 100 valence electrons. The molecule has 0 spiro atoms. The zero-order valence-corrected chi connectivity index (χ0v) is 11.7. The number of carbonyl (C=O) groups is 3. The molecule has 0 aromatic heterocycles. The van der Waals surface area contributed by atoms with Crippen LogP contribution in [-0.2, 0) is 9.59 Å². The smallest absolute Gasteiger partial charge is 0.240 e. The van der Waals surface area contributed by atoms with Gasteiger partial charge in [0.25, 0.3) is 0 Å². The quantitative estimate of drug-likeness (QED) is 0.792. The number of hydrogen-bond donors (Lipinski definition) is 0. The lowest BCUT2D eigenvalue weighted by molar-refractivity contribution is -0.118. The van der Waals surface area contributed by atoms with E-state index in [1.807, 2.05) is 6.92 Å². The highest BCUT2D eigenvalue weighted by Crippen LogP contribution is 2.39. The van der Waals surface area contributed by atoms with Crippen molar-refractivity contribution < 1.29 is 14.4 Å². The largest absolute Gasteiger partial charge is 0.310 e. The first kappa shape index (κ1) is 13.8. The molecule has 1 aliphatic heterocycles. The highest BCUT2D eigenvalue weighted by molar-refractivity contribution is 8.01. The average Bonchev–Trinajstić information content (AvgIpc) is 2.38. The SMILES string of the molecule is CC(=O)CCN1C(=O)C(C)Sc2cc(C=O)ccc21. The van der Waals surface area contributed by atoms with Crippen molar-refractivity contribution >= 4 is 35.4 Å². The molecule has 1 aromatic rings. The van der Waals surface area contributed by atoms with E-state index >= 15 is 0 Å². The van der Waals surface area contributed by atoms with Gasteiger partial charge < -0.3 is 4.90 Å². The summed E-state index contributed by atoms with van der Waals surface area (Å²) < 4.78 is 0. The third kappa shape index (κ3) is 2.87. The second kappa shape index (κ2) is 5.57. The van der Waals surface area contributed by atoms with Gasteiger partial charge in [0.15, 0.2) is 0 Å². The maximum absolute atomic E-state index is 12.2. The fourth-order valence-electron chi connectivity index (χ4n) is 2.00. The first-order chi connectivity index (χ1) is 9.02. The minimum atomic E-state index is -0.193. The molecule has 0 N–H and O–H groups in total. The number of thioether (sulfide) groups is 1. The molecule has 1 aliphatic rings. The topological polar surface area (TPSA) is 54.5 Å². The number of nitrogens with zero attached hydrogens (tertiary/aromatic N) is 1. The molecule has 0 aliphatic carbocycles. The summed E-state index contributed by atoms with van der Waals surface area (Å²) in [5.74, 6) is 0.0716. The Morgan fingerprint density at radius 1 is 1.47 bits per heavy atom. The Morgan fingerprint density at radius 2 is 2.21 bits per heavy atom. The molecule has 0 saturated heterocycles. The predicted octanol–water partition coefficient (Wildman–Crippen LogP) is 2.31. The van der Waals surface area contributed by atoms with Crippen LogP contribution in [0.15, 0.2) is 23.1 Å². The van der Waals surface area contributed by atoms with Crippen LogP contribution in [-0.4, -0.2) is 29.8 Å². The molecule has 4 nitrogen and oxygen atoms in total. The van der Waals surface area contributed by atoms with E-state index in [-0.39, 0.29) is 16.9 Å². The van der Waals surface area contributed by atoms with Gasteiger partial charge >= 0.3 is 0 Å². The Morgan fingerprint density at radius 3 is 2.84 bits per heavy atom. The number of rotatable bonds is 4. The average molecular weight is 277 g/mol. The summed E-state index contributed by atoms with van der Waals surface area (Å²) >= 11 is 1.45. The van der Waals surface area contributed by atoms with E-state index in [9.17, 15) is 14.4 Å². The minimum absolute atomic E-state index is 0.0117. The Kier molecular flexibility index (Phi) is 4.04. The molecule has 0 radical (unpaired) electrons. The summed E-state index contributed by atoms with van der Waals surface area (Å²) in [6, 6.07) is 5.25. The molecule has 0 saturated carbocycles. The number of hydrogen-bond acceptors (Lipinski definition) is 4. The number of benzene rings is 1. The lowest BCUT2D eigenvalue weighted by atomic mass is 10.1. The van der Waals surface area contributed by atoms with E-state index in [1.165, 1.54) is 18.7 Å². The van der Waals surface area contributed by atoms with Gasteiger partial charge in [-0.2, -0.15) is 0 Å². The third-order valence-electron chi connectivity index (χ3n) is 3.02. The van der Waals surface area contributed by atoms with Crippen LogP contribution in [0.25, 0.3) is 0 Å². The minimum Gasteiger partial charge on any atom is -0.310 e. The molecule has 1 heterocycles. The Balaban J connectivity index is 2.35. The summed E-state index contributed by atoms with van der Waals surface area (Å²) in [5, 5.41) is -0.193. The van der Waals surface area contributed by atoms with Gasteiger partial charge in [-0.1, -0.05) is 0 Å². The lowest BCUT2D eigenvalue weighted by Crippen LogP contribution is -2.40. The van der Waals surface area contributed by atoms with Crippen LogP contribution in [0.3, 0.4) is 0 Å². The number of aldehydes is 1. The van der Waals surface area contributed by atoms with Crippen LogP contribution in [0.1, 0.15) is 30.6 Å². The van der Waals surface area contributed by atoms with Crippen molar-refractivity contribution in [2.24, 2.45) is 0 Å². The van der Waals surface area contributed by atoms with Gasteiger partial charge in [-0.15, -0.1) is 11.8 Å². The summed E-state index contributed by atoms with van der Waals surface area (Å²) in [4.78, 5) is 36.6.